The number of nitrogens with zero attached hydrogens (tertiary/aromatic N) is 2. The molecule has 0 radical (unpaired) electrons. The fraction of sp³-hybridized carbons (Fsp3) is 0.400. The topological polar surface area (TPSA) is 42.2 Å². The van der Waals surface area contributed by atoms with Crippen molar-refractivity contribution >= 4 is 28.2 Å². The van der Waals surface area contributed by atoms with Gasteiger partial charge in [-0.15, -0.1) is 0 Å². The summed E-state index contributed by atoms with van der Waals surface area (Å²) < 4.78 is 0. The quantitative estimate of drug-likeness (QED) is 0.937. The molecule has 0 aliphatic heterocycles. The van der Waals surface area contributed by atoms with Crippen molar-refractivity contribution in [3.05, 3.63) is 34.0 Å². The highest BCUT2D eigenvalue weighted by molar-refractivity contribution is 6.32. The molecule has 0 aliphatic rings. The lowest BCUT2D eigenvalue weighted by molar-refractivity contribution is 0.933. The van der Waals surface area contributed by atoms with Gasteiger partial charge in [-0.25, -0.2) is 0 Å². The molecule has 1 aromatic heterocycles. The number of benzene rings is 1. The first-order valence-corrected chi connectivity index (χ1v) is 6.80. The first-order chi connectivity index (χ1) is 8.97. The molecular formula is C15H20ClN3. The van der Waals surface area contributed by atoms with Gasteiger partial charge in [-0.3, -0.25) is 4.98 Å². The minimum absolute atomic E-state index is 0.626. The van der Waals surface area contributed by atoms with E-state index in [1.807, 2.05) is 26.0 Å². The van der Waals surface area contributed by atoms with E-state index in [0.717, 1.165) is 33.6 Å². The fourth-order valence-corrected chi connectivity index (χ4v) is 2.69. The van der Waals surface area contributed by atoms with E-state index >= 15 is 0 Å². The van der Waals surface area contributed by atoms with Gasteiger partial charge in [0.2, 0.25) is 0 Å². The number of nitrogens with two attached hydrogens (primary N) is 1. The molecule has 19 heavy (non-hydrogen) atoms. The average Bonchev–Trinajstić information content (AvgIpc) is 2.35. The Morgan fingerprint density at radius 3 is 2.53 bits per heavy atom. The number of halogens is 1. The average molecular weight is 278 g/mol. The van der Waals surface area contributed by atoms with Crippen molar-refractivity contribution in [2.45, 2.75) is 20.3 Å². The molecule has 0 spiro atoms. The summed E-state index contributed by atoms with van der Waals surface area (Å²) in [6, 6.07) is 3.99. The van der Waals surface area contributed by atoms with Gasteiger partial charge in [0.05, 0.1) is 11.2 Å². The smallest absolute Gasteiger partial charge is 0.0770 e. The third-order valence-electron chi connectivity index (χ3n) is 3.46. The zero-order valence-corrected chi connectivity index (χ0v) is 12.7. The third kappa shape index (κ3) is 2.40. The number of aryl methyl sites for hydroxylation is 2. The summed E-state index contributed by atoms with van der Waals surface area (Å²) >= 11 is 6.20. The van der Waals surface area contributed by atoms with Crippen LogP contribution < -0.4 is 10.6 Å². The van der Waals surface area contributed by atoms with Crippen LogP contribution in [0.25, 0.3) is 10.9 Å². The molecule has 1 aromatic carbocycles. The maximum absolute atomic E-state index is 6.20. The summed E-state index contributed by atoms with van der Waals surface area (Å²) in [4.78, 5) is 6.87. The fourth-order valence-electron chi connectivity index (χ4n) is 2.53. The van der Waals surface area contributed by atoms with Crippen LogP contribution in [0, 0.1) is 13.8 Å². The van der Waals surface area contributed by atoms with Gasteiger partial charge < -0.3 is 10.6 Å². The van der Waals surface area contributed by atoms with Crippen LogP contribution in [0.4, 0.5) is 5.69 Å². The highest BCUT2D eigenvalue weighted by Crippen LogP contribution is 2.34. The Labute approximate surface area is 119 Å². The summed E-state index contributed by atoms with van der Waals surface area (Å²) in [7, 11) is 4.11. The number of rotatable bonds is 3. The number of hydrogen-bond donors (Lipinski definition) is 1. The highest BCUT2D eigenvalue weighted by Gasteiger charge is 2.15. The monoisotopic (exact) mass is 277 g/mol. The lowest BCUT2D eigenvalue weighted by Crippen LogP contribution is -2.16. The number of hydrogen-bond acceptors (Lipinski definition) is 3. The van der Waals surface area contributed by atoms with E-state index in [0.29, 0.717) is 6.54 Å². The van der Waals surface area contributed by atoms with Gasteiger partial charge >= 0.3 is 0 Å². The van der Waals surface area contributed by atoms with Crippen molar-refractivity contribution in [2.24, 2.45) is 5.73 Å². The normalized spacial score (nSPS) is 11.1. The Hall–Kier alpha value is -1.32. The highest BCUT2D eigenvalue weighted by atomic mass is 35.5. The summed E-state index contributed by atoms with van der Waals surface area (Å²) in [6.45, 7) is 4.68. The molecule has 4 heteroatoms. The van der Waals surface area contributed by atoms with Crippen molar-refractivity contribution in [2.75, 3.05) is 25.5 Å². The Morgan fingerprint density at radius 1 is 1.26 bits per heavy atom. The van der Waals surface area contributed by atoms with Crippen LogP contribution in [-0.2, 0) is 6.42 Å². The second kappa shape index (κ2) is 5.35. The van der Waals surface area contributed by atoms with E-state index in [9.17, 15) is 0 Å². The zero-order chi connectivity index (χ0) is 14.2. The molecule has 0 fully saturated rings. The Morgan fingerprint density at radius 2 is 1.95 bits per heavy atom. The Kier molecular flexibility index (Phi) is 3.97. The third-order valence-corrected chi connectivity index (χ3v) is 3.87. The van der Waals surface area contributed by atoms with Crippen LogP contribution in [-0.4, -0.2) is 25.6 Å². The molecule has 0 aliphatic carbocycles. The lowest BCUT2D eigenvalue weighted by Gasteiger charge is -2.22. The minimum atomic E-state index is 0.626. The van der Waals surface area contributed by atoms with Crippen LogP contribution in [0.2, 0.25) is 5.02 Å². The van der Waals surface area contributed by atoms with Crippen molar-refractivity contribution in [3.63, 3.8) is 0 Å². The van der Waals surface area contributed by atoms with Gasteiger partial charge in [0, 0.05) is 30.2 Å². The van der Waals surface area contributed by atoms with E-state index in [1.54, 1.807) is 0 Å². The predicted octanol–water partition coefficient (Wildman–Crippen LogP) is 3.07. The van der Waals surface area contributed by atoms with Gasteiger partial charge in [-0.05, 0) is 50.1 Å². The van der Waals surface area contributed by atoms with Crippen LogP contribution >= 0.6 is 11.6 Å². The Bertz CT molecular complexity index is 621. The van der Waals surface area contributed by atoms with Gasteiger partial charge in [-0.2, -0.15) is 0 Å². The SMILES string of the molecule is Cc1nc2c(C)c(Cl)ccc2c(N(C)C)c1CCN. The first-order valence-electron chi connectivity index (χ1n) is 6.43. The number of anilines is 1. The minimum Gasteiger partial charge on any atom is -0.377 e. The van der Waals surface area contributed by atoms with Crippen LogP contribution in [0.5, 0.6) is 0 Å². The molecule has 2 N–H and O–H groups in total. The van der Waals surface area contributed by atoms with Gasteiger partial charge in [0.15, 0.2) is 0 Å². The Balaban J connectivity index is 2.88. The molecule has 1 heterocycles. The van der Waals surface area contributed by atoms with Gasteiger partial charge in [0.25, 0.3) is 0 Å². The molecule has 0 bridgehead atoms. The molecule has 0 atom stereocenters. The summed E-state index contributed by atoms with van der Waals surface area (Å²) in [5.41, 5.74) is 11.2. The van der Waals surface area contributed by atoms with Crippen LogP contribution in [0.1, 0.15) is 16.8 Å². The molecule has 0 saturated heterocycles. The molecule has 3 nitrogen and oxygen atoms in total. The van der Waals surface area contributed by atoms with E-state index in [2.05, 4.69) is 19.0 Å². The second-order valence-corrected chi connectivity index (χ2v) is 5.43. The molecule has 102 valence electrons. The van der Waals surface area contributed by atoms with Crippen LogP contribution in [0.3, 0.4) is 0 Å². The second-order valence-electron chi connectivity index (χ2n) is 5.03. The van der Waals surface area contributed by atoms with Gasteiger partial charge in [-0.1, -0.05) is 11.6 Å². The van der Waals surface area contributed by atoms with Crippen molar-refractivity contribution in [3.8, 4) is 0 Å². The molecular weight excluding hydrogens is 258 g/mol. The largest absolute Gasteiger partial charge is 0.377 e. The molecule has 0 saturated carbocycles. The maximum atomic E-state index is 6.20. The molecule has 0 amide bonds. The molecule has 2 rings (SSSR count). The standard InChI is InChI=1S/C15H20ClN3/c1-9-13(16)6-5-12-14(9)18-10(2)11(7-8-17)15(12)19(3)4/h5-6H,7-8,17H2,1-4H3. The van der Waals surface area contributed by atoms with E-state index in [4.69, 9.17) is 22.3 Å². The van der Waals surface area contributed by atoms with Crippen LogP contribution in [0.15, 0.2) is 12.1 Å². The number of fused-ring (bicyclic) bond motifs is 1. The van der Waals surface area contributed by atoms with Crippen molar-refractivity contribution < 1.29 is 0 Å². The maximum Gasteiger partial charge on any atom is 0.0770 e. The summed E-state index contributed by atoms with van der Waals surface area (Å²) in [6.07, 6.45) is 0.837. The molecule has 2 aromatic rings. The van der Waals surface area contributed by atoms with Gasteiger partial charge in [0.1, 0.15) is 0 Å². The first kappa shape index (κ1) is 14.1. The lowest BCUT2D eigenvalue weighted by atomic mass is 10.0. The zero-order valence-electron chi connectivity index (χ0n) is 11.9. The number of aromatic nitrogens is 1. The summed E-state index contributed by atoms with van der Waals surface area (Å²) in [5, 5.41) is 1.90. The van der Waals surface area contributed by atoms with E-state index in [1.165, 1.54) is 11.3 Å². The predicted molar refractivity (Wildman–Crippen MR) is 83.3 cm³/mol. The van der Waals surface area contributed by atoms with E-state index < -0.39 is 0 Å². The van der Waals surface area contributed by atoms with Crippen molar-refractivity contribution in [1.82, 2.24) is 4.98 Å². The number of pyridine rings is 1. The van der Waals surface area contributed by atoms with Crippen molar-refractivity contribution in [1.29, 1.82) is 0 Å². The summed E-state index contributed by atoms with van der Waals surface area (Å²) in [5.74, 6) is 0. The van der Waals surface area contributed by atoms with E-state index in [-0.39, 0.29) is 0 Å². The molecule has 0 unspecified atom stereocenters.